The van der Waals surface area contributed by atoms with Gasteiger partial charge in [-0.1, -0.05) is 13.8 Å². The number of carbonyl (C=O) groups is 3. The smallest absolute Gasteiger partial charge is 0.239 e. The highest BCUT2D eigenvalue weighted by molar-refractivity contribution is 5.84. The van der Waals surface area contributed by atoms with Gasteiger partial charge in [-0.3, -0.25) is 14.4 Å². The lowest BCUT2D eigenvalue weighted by atomic mass is 10.4. The first kappa shape index (κ1) is 25.7. The zero-order valence-electron chi connectivity index (χ0n) is 16.2. The Labute approximate surface area is 153 Å². The molecule has 0 aromatic heterocycles. The number of ketones is 1. The Morgan fingerprint density at radius 3 is 2.20 bits per heavy atom. The van der Waals surface area contributed by atoms with Crippen molar-refractivity contribution in [1.29, 1.82) is 0 Å². The van der Waals surface area contributed by atoms with Crippen molar-refractivity contribution >= 4 is 17.6 Å². The lowest BCUT2D eigenvalue weighted by molar-refractivity contribution is -0.127. The molecule has 0 fully saturated rings. The van der Waals surface area contributed by atoms with Gasteiger partial charge in [-0.05, 0) is 20.8 Å². The van der Waals surface area contributed by atoms with Gasteiger partial charge in [0.15, 0.2) is 5.78 Å². The van der Waals surface area contributed by atoms with Crippen LogP contribution in [0.5, 0.6) is 0 Å². The van der Waals surface area contributed by atoms with E-state index in [4.69, 9.17) is 14.2 Å². The molecular weight excluding hydrogens is 328 g/mol. The average Bonchev–Trinajstić information content (AvgIpc) is 2.57. The Kier molecular flexibility index (Phi) is 19.4. The van der Waals surface area contributed by atoms with Crippen LogP contribution in [-0.4, -0.2) is 69.8 Å². The number of ether oxygens (including phenoxy) is 3. The fourth-order valence-electron chi connectivity index (χ4n) is 1.42. The predicted octanol–water partition coefficient (Wildman–Crippen LogP) is 1.17. The molecule has 0 aromatic rings. The standard InChI is InChI=1S/C15H28N2O6.C2H6.2H2/c1-12(2)23-9-8-21-6-4-14(19)17-10-15(20)16-5-7-22-11-13(3)18;1-2;;/h12H,4-11H2,1-3H3,(H,16,20)(H,17,19);1-2H3;2*1H. The number of hydrogen-bond acceptors (Lipinski definition) is 6. The van der Waals surface area contributed by atoms with Gasteiger partial charge in [-0.25, -0.2) is 0 Å². The van der Waals surface area contributed by atoms with Crippen molar-refractivity contribution in [3.05, 3.63) is 0 Å². The second kappa shape index (κ2) is 18.8. The van der Waals surface area contributed by atoms with Gasteiger partial charge in [0.2, 0.25) is 11.8 Å². The zero-order chi connectivity index (χ0) is 19.5. The highest BCUT2D eigenvalue weighted by atomic mass is 16.5. The van der Waals surface area contributed by atoms with Crippen molar-refractivity contribution in [2.24, 2.45) is 0 Å². The van der Waals surface area contributed by atoms with E-state index in [2.05, 4.69) is 10.6 Å². The Balaban J connectivity index is -0.000000637. The van der Waals surface area contributed by atoms with E-state index in [1.54, 1.807) is 0 Å². The van der Waals surface area contributed by atoms with Crippen molar-refractivity contribution in [2.45, 2.75) is 47.1 Å². The van der Waals surface area contributed by atoms with Gasteiger partial charge in [-0.2, -0.15) is 0 Å². The SMILES string of the molecule is CC.CC(=O)COCCNC(=O)CNC(=O)CCOCCOC(C)C.[HH].[HH]. The third-order valence-electron chi connectivity index (χ3n) is 2.47. The first-order valence-corrected chi connectivity index (χ1v) is 8.71. The van der Waals surface area contributed by atoms with Crippen LogP contribution < -0.4 is 10.6 Å². The van der Waals surface area contributed by atoms with E-state index in [-0.39, 0.29) is 59.3 Å². The van der Waals surface area contributed by atoms with Gasteiger partial charge in [-0.15, -0.1) is 0 Å². The van der Waals surface area contributed by atoms with E-state index >= 15 is 0 Å². The molecule has 8 nitrogen and oxygen atoms in total. The van der Waals surface area contributed by atoms with Gasteiger partial charge in [0.25, 0.3) is 0 Å². The van der Waals surface area contributed by atoms with Crippen molar-refractivity contribution in [3.8, 4) is 0 Å². The second-order valence-corrected chi connectivity index (χ2v) is 5.16. The minimum atomic E-state index is -0.309. The monoisotopic (exact) mass is 366 g/mol. The topological polar surface area (TPSA) is 103 Å². The molecule has 0 spiro atoms. The summed E-state index contributed by atoms with van der Waals surface area (Å²) in [6.07, 6.45) is 0.352. The summed E-state index contributed by atoms with van der Waals surface area (Å²) in [6, 6.07) is 0. The van der Waals surface area contributed by atoms with Crippen LogP contribution in [-0.2, 0) is 28.6 Å². The van der Waals surface area contributed by atoms with E-state index in [1.165, 1.54) is 6.92 Å². The van der Waals surface area contributed by atoms with E-state index in [0.717, 1.165) is 0 Å². The van der Waals surface area contributed by atoms with Crippen LogP contribution in [0.1, 0.15) is 43.9 Å². The van der Waals surface area contributed by atoms with Crippen LogP contribution in [0.3, 0.4) is 0 Å². The summed E-state index contributed by atoms with van der Waals surface area (Å²) in [7, 11) is 0. The fourth-order valence-corrected chi connectivity index (χ4v) is 1.42. The van der Waals surface area contributed by atoms with Crippen molar-refractivity contribution in [1.82, 2.24) is 10.6 Å². The molecule has 0 aliphatic heterocycles. The number of hydrogen-bond donors (Lipinski definition) is 2. The Hall–Kier alpha value is -1.51. The van der Waals surface area contributed by atoms with E-state index in [0.29, 0.717) is 19.8 Å². The summed E-state index contributed by atoms with van der Waals surface area (Å²) in [4.78, 5) is 33.5. The normalized spacial score (nSPS) is 10.0. The molecule has 0 rings (SSSR count). The third-order valence-corrected chi connectivity index (χ3v) is 2.47. The number of rotatable bonds is 14. The summed E-state index contributed by atoms with van der Waals surface area (Å²) < 4.78 is 15.5. The number of nitrogens with one attached hydrogen (secondary N) is 2. The molecule has 0 heterocycles. The third kappa shape index (κ3) is 22.5. The molecule has 25 heavy (non-hydrogen) atoms. The minimum absolute atomic E-state index is 0. The van der Waals surface area contributed by atoms with E-state index < -0.39 is 0 Å². The molecule has 0 aromatic carbocycles. The van der Waals surface area contributed by atoms with Gasteiger partial charge < -0.3 is 24.8 Å². The Morgan fingerprint density at radius 2 is 1.60 bits per heavy atom. The Bertz CT molecular complexity index is 371. The quantitative estimate of drug-likeness (QED) is 0.447. The summed E-state index contributed by atoms with van der Waals surface area (Å²) in [6.45, 7) is 11.0. The van der Waals surface area contributed by atoms with Crippen molar-refractivity contribution < 1.29 is 31.4 Å². The highest BCUT2D eigenvalue weighted by Gasteiger charge is 2.05. The largest absolute Gasteiger partial charge is 0.379 e. The maximum Gasteiger partial charge on any atom is 0.239 e. The van der Waals surface area contributed by atoms with Crippen molar-refractivity contribution in [2.75, 3.05) is 46.1 Å². The van der Waals surface area contributed by atoms with Crippen LogP contribution in [0, 0.1) is 0 Å². The molecule has 152 valence electrons. The average molecular weight is 366 g/mol. The number of amides is 2. The number of Topliss-reactive ketones (excluding diaryl/α,β-unsaturated/α-hetero) is 1. The minimum Gasteiger partial charge on any atom is -0.379 e. The van der Waals surface area contributed by atoms with E-state index in [9.17, 15) is 14.4 Å². The number of carbonyl (C=O) groups excluding carboxylic acids is 3. The van der Waals surface area contributed by atoms with Crippen LogP contribution in [0.2, 0.25) is 0 Å². The van der Waals surface area contributed by atoms with Gasteiger partial charge in [0, 0.05) is 15.8 Å². The van der Waals surface area contributed by atoms with Crippen molar-refractivity contribution in [3.63, 3.8) is 0 Å². The predicted molar refractivity (Wildman–Crippen MR) is 99.6 cm³/mol. The van der Waals surface area contributed by atoms with Crippen LogP contribution in [0.4, 0.5) is 0 Å². The molecule has 0 unspecified atom stereocenters. The van der Waals surface area contributed by atoms with Gasteiger partial charge >= 0.3 is 0 Å². The fraction of sp³-hybridized carbons (Fsp3) is 0.824. The lowest BCUT2D eigenvalue weighted by Gasteiger charge is -2.09. The molecule has 8 heteroatoms. The Morgan fingerprint density at radius 1 is 0.920 bits per heavy atom. The molecule has 0 aliphatic rings. The summed E-state index contributed by atoms with van der Waals surface area (Å²) in [5, 5.41) is 5.06. The molecule has 0 aliphatic carbocycles. The van der Waals surface area contributed by atoms with Gasteiger partial charge in [0.1, 0.15) is 6.61 Å². The molecular formula is C17H38N2O6. The van der Waals surface area contributed by atoms with Crippen LogP contribution in [0.25, 0.3) is 0 Å². The molecule has 0 saturated heterocycles. The molecule has 0 bridgehead atoms. The maximum atomic E-state index is 11.5. The summed E-state index contributed by atoms with van der Waals surface area (Å²) >= 11 is 0. The molecule has 0 atom stereocenters. The molecule has 0 radical (unpaired) electrons. The first-order chi connectivity index (χ1) is 11.9. The first-order valence-electron chi connectivity index (χ1n) is 8.71. The second-order valence-electron chi connectivity index (χ2n) is 5.16. The summed E-state index contributed by atoms with van der Waals surface area (Å²) in [5.74, 6) is -0.629. The maximum absolute atomic E-state index is 11.5. The lowest BCUT2D eigenvalue weighted by Crippen LogP contribution is -2.38. The molecule has 0 saturated carbocycles. The van der Waals surface area contributed by atoms with Crippen LogP contribution >= 0.6 is 0 Å². The van der Waals surface area contributed by atoms with E-state index in [1.807, 2.05) is 27.7 Å². The van der Waals surface area contributed by atoms with Gasteiger partial charge in [0.05, 0.1) is 39.1 Å². The molecule has 2 N–H and O–H groups in total. The zero-order valence-corrected chi connectivity index (χ0v) is 16.2. The highest BCUT2D eigenvalue weighted by Crippen LogP contribution is 1.89. The van der Waals surface area contributed by atoms with Crippen LogP contribution in [0.15, 0.2) is 0 Å². The molecule has 2 amide bonds. The summed E-state index contributed by atoms with van der Waals surface area (Å²) in [5.41, 5.74) is 0.